The molecule has 0 atom stereocenters. The van der Waals surface area contributed by atoms with E-state index in [0.29, 0.717) is 42.6 Å². The first-order chi connectivity index (χ1) is 15.0. The predicted octanol–water partition coefficient (Wildman–Crippen LogP) is 4.94. The third-order valence-electron chi connectivity index (χ3n) is 4.63. The Balaban J connectivity index is 1.52. The number of rotatable bonds is 4. The van der Waals surface area contributed by atoms with Gasteiger partial charge in [-0.2, -0.15) is 9.50 Å². The number of furan rings is 1. The Morgan fingerprint density at radius 2 is 1.94 bits per heavy atom. The van der Waals surface area contributed by atoms with Gasteiger partial charge in [-0.3, -0.25) is 4.79 Å². The second kappa shape index (κ2) is 7.85. The van der Waals surface area contributed by atoms with Gasteiger partial charge in [-0.05, 0) is 42.5 Å². The van der Waals surface area contributed by atoms with Crippen LogP contribution in [0, 0.1) is 0 Å². The smallest absolute Gasteiger partial charge is 0.291 e. The van der Waals surface area contributed by atoms with E-state index < -0.39 is 0 Å². The Morgan fingerprint density at radius 3 is 2.71 bits per heavy atom. The molecule has 0 aliphatic rings. The Morgan fingerprint density at radius 1 is 1.10 bits per heavy atom. The summed E-state index contributed by atoms with van der Waals surface area (Å²) >= 11 is 13.3. The molecule has 154 valence electrons. The minimum atomic E-state index is -0.263. The highest BCUT2D eigenvalue weighted by molar-refractivity contribution is 7.15. The van der Waals surface area contributed by atoms with Gasteiger partial charge in [-0.1, -0.05) is 46.7 Å². The van der Waals surface area contributed by atoms with Crippen molar-refractivity contribution in [3.8, 4) is 28.5 Å². The van der Waals surface area contributed by atoms with E-state index in [-0.39, 0.29) is 5.56 Å². The van der Waals surface area contributed by atoms with Crippen LogP contribution in [0.1, 0.15) is 5.76 Å². The molecule has 0 unspecified atom stereocenters. The van der Waals surface area contributed by atoms with Crippen molar-refractivity contribution in [2.75, 3.05) is 7.11 Å². The zero-order valence-corrected chi connectivity index (χ0v) is 18.3. The number of para-hydroxylation sites is 1. The van der Waals surface area contributed by atoms with Gasteiger partial charge in [-0.25, -0.2) is 0 Å². The Bertz CT molecular complexity index is 1540. The zero-order chi connectivity index (χ0) is 21.5. The first-order valence-electron chi connectivity index (χ1n) is 9.13. The Hall–Kier alpha value is -3.13. The van der Waals surface area contributed by atoms with E-state index in [1.54, 1.807) is 31.4 Å². The average molecular weight is 470 g/mol. The van der Waals surface area contributed by atoms with Crippen LogP contribution in [-0.2, 0) is 0 Å². The number of halogens is 2. The van der Waals surface area contributed by atoms with Gasteiger partial charge in [-0.15, -0.1) is 5.10 Å². The second-order valence-electron chi connectivity index (χ2n) is 6.58. The van der Waals surface area contributed by atoms with Crippen molar-refractivity contribution < 1.29 is 9.15 Å². The molecule has 0 saturated carbocycles. The average Bonchev–Trinajstić information content (AvgIpc) is 3.48. The highest BCUT2D eigenvalue weighted by atomic mass is 35.5. The van der Waals surface area contributed by atoms with Crippen molar-refractivity contribution >= 4 is 45.6 Å². The van der Waals surface area contributed by atoms with E-state index in [9.17, 15) is 4.79 Å². The fourth-order valence-corrected chi connectivity index (χ4v) is 4.33. The predicted molar refractivity (Wildman–Crippen MR) is 122 cm³/mol. The molecule has 0 aliphatic carbocycles. The molecule has 0 radical (unpaired) electrons. The molecular weight excluding hydrogens is 457 g/mol. The Kier molecular flexibility index (Phi) is 5.02. The highest BCUT2D eigenvalue weighted by Gasteiger charge is 2.15. The molecular formula is C22H13Cl2N3O3S. The van der Waals surface area contributed by atoms with Gasteiger partial charge in [0.05, 0.1) is 22.7 Å². The molecule has 5 aromatic rings. The molecule has 2 aromatic carbocycles. The van der Waals surface area contributed by atoms with Crippen LogP contribution in [0.2, 0.25) is 10.0 Å². The monoisotopic (exact) mass is 469 g/mol. The summed E-state index contributed by atoms with van der Waals surface area (Å²) in [6.07, 6.45) is 1.67. The third-order valence-corrected chi connectivity index (χ3v) is 6.33. The topological polar surface area (TPSA) is 69.6 Å². The number of aromatic nitrogens is 3. The zero-order valence-electron chi connectivity index (χ0n) is 16.0. The fourth-order valence-electron chi connectivity index (χ4n) is 3.14. The number of hydrogen-bond acceptors (Lipinski definition) is 6. The Labute approximate surface area is 189 Å². The first kappa shape index (κ1) is 19.8. The van der Waals surface area contributed by atoms with Crippen molar-refractivity contribution in [3.05, 3.63) is 85.3 Å². The largest absolute Gasteiger partial charge is 0.496 e. The number of methoxy groups -OCH3 is 1. The maximum absolute atomic E-state index is 12.8. The highest BCUT2D eigenvalue weighted by Crippen LogP contribution is 2.30. The lowest BCUT2D eigenvalue weighted by Crippen LogP contribution is -2.23. The van der Waals surface area contributed by atoms with E-state index in [1.807, 2.05) is 36.4 Å². The lowest BCUT2D eigenvalue weighted by molar-refractivity contribution is 0.416. The van der Waals surface area contributed by atoms with E-state index in [1.165, 1.54) is 15.9 Å². The molecule has 3 aromatic heterocycles. The summed E-state index contributed by atoms with van der Waals surface area (Å²) < 4.78 is 13.0. The van der Waals surface area contributed by atoms with Crippen molar-refractivity contribution in [2.45, 2.75) is 0 Å². The number of fused-ring (bicyclic) bond motifs is 1. The lowest BCUT2D eigenvalue weighted by atomic mass is 10.2. The number of hydrogen-bond donors (Lipinski definition) is 0. The quantitative estimate of drug-likeness (QED) is 0.372. The van der Waals surface area contributed by atoms with Crippen molar-refractivity contribution in [1.29, 1.82) is 0 Å². The van der Waals surface area contributed by atoms with Crippen molar-refractivity contribution in [3.63, 3.8) is 0 Å². The summed E-state index contributed by atoms with van der Waals surface area (Å²) in [7, 11) is 1.58. The summed E-state index contributed by atoms with van der Waals surface area (Å²) in [6.45, 7) is 0. The van der Waals surface area contributed by atoms with Gasteiger partial charge >= 0.3 is 0 Å². The summed E-state index contributed by atoms with van der Waals surface area (Å²) in [5, 5.41) is 5.29. The molecule has 3 heterocycles. The molecule has 31 heavy (non-hydrogen) atoms. The molecule has 6 nitrogen and oxygen atoms in total. The van der Waals surface area contributed by atoms with Crippen LogP contribution in [0.15, 0.2) is 63.8 Å². The van der Waals surface area contributed by atoms with Crippen molar-refractivity contribution in [2.24, 2.45) is 0 Å². The number of thiazole rings is 1. The van der Waals surface area contributed by atoms with E-state index in [0.717, 1.165) is 11.1 Å². The SMILES string of the molecule is COc1ccccc1-c1nc2sc(=Cc3ccc(-c4ccc(Cl)c(Cl)c4)o3)c(=O)n2n1. The summed E-state index contributed by atoms with van der Waals surface area (Å²) in [5.74, 6) is 2.24. The van der Waals surface area contributed by atoms with Gasteiger partial charge < -0.3 is 9.15 Å². The van der Waals surface area contributed by atoms with Crippen molar-refractivity contribution in [1.82, 2.24) is 14.6 Å². The maximum atomic E-state index is 12.8. The summed E-state index contributed by atoms with van der Waals surface area (Å²) in [5.41, 5.74) is 1.25. The van der Waals surface area contributed by atoms with E-state index in [2.05, 4.69) is 10.1 Å². The molecule has 0 bridgehead atoms. The van der Waals surface area contributed by atoms with Gasteiger partial charge in [0.2, 0.25) is 4.96 Å². The second-order valence-corrected chi connectivity index (χ2v) is 8.40. The summed E-state index contributed by atoms with van der Waals surface area (Å²) in [6, 6.07) is 16.3. The number of benzene rings is 2. The van der Waals surface area contributed by atoms with Crippen LogP contribution in [0.4, 0.5) is 0 Å². The van der Waals surface area contributed by atoms with Crippen LogP contribution in [-0.4, -0.2) is 21.7 Å². The van der Waals surface area contributed by atoms with Crippen LogP contribution in [0.25, 0.3) is 33.7 Å². The molecule has 0 aliphatic heterocycles. The molecule has 0 fully saturated rings. The molecule has 0 saturated heterocycles. The first-order valence-corrected chi connectivity index (χ1v) is 10.7. The van der Waals surface area contributed by atoms with Crippen LogP contribution in [0.3, 0.4) is 0 Å². The van der Waals surface area contributed by atoms with E-state index in [4.69, 9.17) is 32.4 Å². The standard InChI is InChI=1S/C22H13Cl2N3O3S/c1-29-18-5-3-2-4-14(18)20-25-22-27(26-20)21(28)19(31-22)11-13-7-9-17(30-13)12-6-8-15(23)16(24)10-12/h2-11H,1H3. The van der Waals surface area contributed by atoms with Crippen LogP contribution in [0.5, 0.6) is 5.75 Å². The fraction of sp³-hybridized carbons (Fsp3) is 0.0455. The molecule has 9 heteroatoms. The van der Waals surface area contributed by atoms with Crippen LogP contribution < -0.4 is 14.8 Å². The van der Waals surface area contributed by atoms with Gasteiger partial charge in [0.25, 0.3) is 5.56 Å². The molecule has 5 rings (SSSR count). The number of nitrogens with zero attached hydrogens (tertiary/aromatic N) is 3. The lowest BCUT2D eigenvalue weighted by Gasteiger charge is -2.03. The number of ether oxygens (including phenoxy) is 1. The third kappa shape index (κ3) is 3.61. The normalized spacial score (nSPS) is 12.0. The van der Waals surface area contributed by atoms with E-state index >= 15 is 0 Å². The minimum absolute atomic E-state index is 0.263. The molecule has 0 amide bonds. The minimum Gasteiger partial charge on any atom is -0.496 e. The van der Waals surface area contributed by atoms with Crippen LogP contribution >= 0.6 is 34.5 Å². The van der Waals surface area contributed by atoms with Gasteiger partial charge in [0.15, 0.2) is 5.82 Å². The maximum Gasteiger partial charge on any atom is 0.291 e. The van der Waals surface area contributed by atoms with Gasteiger partial charge in [0.1, 0.15) is 21.8 Å². The molecule has 0 N–H and O–H groups in total. The van der Waals surface area contributed by atoms with Gasteiger partial charge in [0, 0.05) is 11.6 Å². The summed E-state index contributed by atoms with van der Waals surface area (Å²) in [4.78, 5) is 17.8. The molecule has 0 spiro atoms.